The molecule has 6 nitrogen and oxygen atoms in total. The number of benzene rings is 2. The Kier molecular flexibility index (Phi) is 5.85. The van der Waals surface area contributed by atoms with E-state index in [1.807, 2.05) is 0 Å². The average Bonchev–Trinajstić information content (AvgIpc) is 3.01. The lowest BCUT2D eigenvalue weighted by Crippen LogP contribution is -2.36. The third-order valence-electron chi connectivity index (χ3n) is 4.09. The van der Waals surface area contributed by atoms with Crippen LogP contribution in [0.1, 0.15) is 10.9 Å². The Morgan fingerprint density at radius 1 is 1.26 bits per heavy atom. The molecule has 0 aliphatic carbocycles. The first-order valence-electron chi connectivity index (χ1n) is 8.20. The van der Waals surface area contributed by atoms with Crippen LogP contribution in [0.15, 0.2) is 42.5 Å². The average molecular weight is 390 g/mol. The standard InChI is InChI=1S/C19H19FN2O4S/c1-25-14-6-7-16(26-2)15(9-14)19-22(18(24)11-27-19)10-17(23)21-13-5-3-4-12(20)8-13/h3-9,19H,10-11H2,1-2H3,(H,21,23)/t19-/m0/s1. The largest absolute Gasteiger partial charge is 0.497 e. The zero-order chi connectivity index (χ0) is 19.4. The molecular weight excluding hydrogens is 371 g/mol. The van der Waals surface area contributed by atoms with Gasteiger partial charge in [0.05, 0.1) is 20.0 Å². The summed E-state index contributed by atoms with van der Waals surface area (Å²) < 4.78 is 23.9. The monoisotopic (exact) mass is 390 g/mol. The summed E-state index contributed by atoms with van der Waals surface area (Å²) in [4.78, 5) is 26.2. The fourth-order valence-electron chi connectivity index (χ4n) is 2.84. The molecule has 0 radical (unpaired) electrons. The molecule has 0 bridgehead atoms. The van der Waals surface area contributed by atoms with Gasteiger partial charge in [0.15, 0.2) is 0 Å². The number of hydrogen-bond acceptors (Lipinski definition) is 5. The molecule has 1 aliphatic rings. The highest BCUT2D eigenvalue weighted by Gasteiger charge is 2.36. The number of amides is 2. The van der Waals surface area contributed by atoms with E-state index in [2.05, 4.69) is 5.32 Å². The third kappa shape index (κ3) is 4.33. The van der Waals surface area contributed by atoms with E-state index in [1.165, 1.54) is 34.9 Å². The second-order valence-corrected chi connectivity index (χ2v) is 6.92. The van der Waals surface area contributed by atoms with Gasteiger partial charge in [0.1, 0.15) is 29.2 Å². The molecule has 8 heteroatoms. The maximum atomic E-state index is 13.3. The van der Waals surface area contributed by atoms with Crippen LogP contribution in [0.5, 0.6) is 11.5 Å². The van der Waals surface area contributed by atoms with E-state index < -0.39 is 11.7 Å². The van der Waals surface area contributed by atoms with E-state index >= 15 is 0 Å². The van der Waals surface area contributed by atoms with Crippen LogP contribution >= 0.6 is 11.8 Å². The Labute approximate surface area is 160 Å². The Balaban J connectivity index is 1.79. The van der Waals surface area contributed by atoms with Crippen molar-refractivity contribution in [1.29, 1.82) is 0 Å². The van der Waals surface area contributed by atoms with Gasteiger partial charge in [0.25, 0.3) is 0 Å². The maximum Gasteiger partial charge on any atom is 0.244 e. The molecule has 2 aromatic carbocycles. The van der Waals surface area contributed by atoms with Crippen LogP contribution in [-0.2, 0) is 9.59 Å². The number of carbonyl (C=O) groups excluding carboxylic acids is 2. The summed E-state index contributed by atoms with van der Waals surface area (Å²) in [5, 5.41) is 2.24. The van der Waals surface area contributed by atoms with Crippen molar-refractivity contribution >= 4 is 29.3 Å². The molecule has 1 saturated heterocycles. The van der Waals surface area contributed by atoms with Crippen molar-refractivity contribution < 1.29 is 23.5 Å². The highest BCUT2D eigenvalue weighted by atomic mass is 32.2. The third-order valence-corrected chi connectivity index (χ3v) is 5.33. The summed E-state index contributed by atoms with van der Waals surface area (Å²) in [6, 6.07) is 10.9. The number of anilines is 1. The van der Waals surface area contributed by atoms with Crippen LogP contribution in [-0.4, -0.2) is 43.2 Å². The Hall–Kier alpha value is -2.74. The van der Waals surface area contributed by atoms with Crippen molar-refractivity contribution in [2.75, 3.05) is 31.8 Å². The lowest BCUT2D eigenvalue weighted by molar-refractivity contribution is -0.132. The van der Waals surface area contributed by atoms with Crippen LogP contribution in [0.4, 0.5) is 10.1 Å². The zero-order valence-electron chi connectivity index (χ0n) is 14.9. The summed E-state index contributed by atoms with van der Waals surface area (Å²) in [5.74, 6) is 0.513. The molecule has 0 aromatic heterocycles. The molecular formula is C19H19FN2O4S. The van der Waals surface area contributed by atoms with Gasteiger partial charge >= 0.3 is 0 Å². The number of methoxy groups -OCH3 is 2. The molecule has 0 unspecified atom stereocenters. The topological polar surface area (TPSA) is 67.9 Å². The van der Waals surface area contributed by atoms with Gasteiger partial charge in [0.2, 0.25) is 11.8 Å². The molecule has 27 heavy (non-hydrogen) atoms. The predicted octanol–water partition coefficient (Wildman–Crippen LogP) is 3.06. The van der Waals surface area contributed by atoms with Crippen molar-refractivity contribution in [3.05, 3.63) is 53.8 Å². The molecule has 2 amide bonds. The number of halogens is 1. The van der Waals surface area contributed by atoms with Crippen molar-refractivity contribution in [2.45, 2.75) is 5.37 Å². The summed E-state index contributed by atoms with van der Waals surface area (Å²) >= 11 is 1.41. The second kappa shape index (κ2) is 8.30. The van der Waals surface area contributed by atoms with E-state index in [9.17, 15) is 14.0 Å². The Bertz CT molecular complexity index is 861. The van der Waals surface area contributed by atoms with Gasteiger partial charge in [-0.3, -0.25) is 9.59 Å². The molecule has 0 saturated carbocycles. The number of carbonyl (C=O) groups is 2. The van der Waals surface area contributed by atoms with Crippen LogP contribution < -0.4 is 14.8 Å². The molecule has 0 spiro atoms. The molecule has 142 valence electrons. The van der Waals surface area contributed by atoms with Gasteiger partial charge < -0.3 is 19.7 Å². The van der Waals surface area contributed by atoms with E-state index in [-0.39, 0.29) is 23.6 Å². The highest BCUT2D eigenvalue weighted by Crippen LogP contribution is 2.43. The molecule has 3 rings (SSSR count). The molecule has 1 atom stereocenters. The first kappa shape index (κ1) is 19.0. The van der Waals surface area contributed by atoms with E-state index in [0.29, 0.717) is 17.2 Å². The minimum absolute atomic E-state index is 0.145. The molecule has 1 aliphatic heterocycles. The van der Waals surface area contributed by atoms with Crippen LogP contribution in [0.25, 0.3) is 0 Å². The fraction of sp³-hybridized carbons (Fsp3) is 0.263. The van der Waals surface area contributed by atoms with Gasteiger partial charge in [-0.15, -0.1) is 11.8 Å². The van der Waals surface area contributed by atoms with Crippen LogP contribution in [0, 0.1) is 5.82 Å². The van der Waals surface area contributed by atoms with Gasteiger partial charge in [0, 0.05) is 11.3 Å². The minimum atomic E-state index is -0.445. The SMILES string of the molecule is COc1ccc(OC)c([C@@H]2SCC(=O)N2CC(=O)Nc2cccc(F)c2)c1. The molecule has 1 fully saturated rings. The number of nitrogens with one attached hydrogen (secondary N) is 1. The van der Waals surface area contributed by atoms with Gasteiger partial charge in [-0.05, 0) is 36.4 Å². The number of hydrogen-bond donors (Lipinski definition) is 1. The fourth-order valence-corrected chi connectivity index (χ4v) is 4.04. The number of rotatable bonds is 6. The highest BCUT2D eigenvalue weighted by molar-refractivity contribution is 8.00. The number of ether oxygens (including phenoxy) is 2. The molecule has 1 heterocycles. The van der Waals surface area contributed by atoms with Crippen molar-refractivity contribution in [3.63, 3.8) is 0 Å². The zero-order valence-corrected chi connectivity index (χ0v) is 15.7. The first-order valence-corrected chi connectivity index (χ1v) is 9.25. The predicted molar refractivity (Wildman–Crippen MR) is 101 cm³/mol. The van der Waals surface area contributed by atoms with Crippen molar-refractivity contribution in [2.24, 2.45) is 0 Å². The molecule has 2 aromatic rings. The summed E-state index contributed by atoms with van der Waals surface area (Å²) in [6.45, 7) is -0.145. The lowest BCUT2D eigenvalue weighted by atomic mass is 10.1. The van der Waals surface area contributed by atoms with Gasteiger partial charge in [-0.1, -0.05) is 6.07 Å². The van der Waals surface area contributed by atoms with Crippen molar-refractivity contribution in [1.82, 2.24) is 4.90 Å². The number of thioether (sulfide) groups is 1. The quantitative estimate of drug-likeness (QED) is 0.821. The Morgan fingerprint density at radius 2 is 2.07 bits per heavy atom. The lowest BCUT2D eigenvalue weighted by Gasteiger charge is -2.25. The van der Waals surface area contributed by atoms with Crippen molar-refractivity contribution in [3.8, 4) is 11.5 Å². The first-order chi connectivity index (χ1) is 13.0. The van der Waals surface area contributed by atoms with Crippen LogP contribution in [0.3, 0.4) is 0 Å². The van der Waals surface area contributed by atoms with E-state index in [4.69, 9.17) is 9.47 Å². The van der Waals surface area contributed by atoms with E-state index in [0.717, 1.165) is 5.56 Å². The minimum Gasteiger partial charge on any atom is -0.497 e. The number of nitrogens with zero attached hydrogens (tertiary/aromatic N) is 1. The smallest absolute Gasteiger partial charge is 0.244 e. The van der Waals surface area contributed by atoms with Crippen LogP contribution in [0.2, 0.25) is 0 Å². The second-order valence-electron chi connectivity index (χ2n) is 5.85. The van der Waals surface area contributed by atoms with E-state index in [1.54, 1.807) is 38.5 Å². The van der Waals surface area contributed by atoms with Gasteiger partial charge in [-0.25, -0.2) is 4.39 Å². The molecule has 1 N–H and O–H groups in total. The van der Waals surface area contributed by atoms with Gasteiger partial charge in [-0.2, -0.15) is 0 Å². The summed E-state index contributed by atoms with van der Waals surface area (Å²) in [7, 11) is 3.11. The summed E-state index contributed by atoms with van der Waals surface area (Å²) in [6.07, 6.45) is 0. The maximum absolute atomic E-state index is 13.3. The normalized spacial score (nSPS) is 16.3. The summed E-state index contributed by atoms with van der Waals surface area (Å²) in [5.41, 5.74) is 1.10. The Morgan fingerprint density at radius 3 is 2.78 bits per heavy atom.